The summed E-state index contributed by atoms with van der Waals surface area (Å²) in [5, 5.41) is 15.3. The van der Waals surface area contributed by atoms with Gasteiger partial charge in [0, 0.05) is 50.6 Å². The summed E-state index contributed by atoms with van der Waals surface area (Å²) in [5.41, 5.74) is 0.372. The number of aliphatic carboxylic acids is 1. The molecule has 0 aromatic heterocycles. The number of urea groups is 2. The summed E-state index contributed by atoms with van der Waals surface area (Å²) in [6, 6.07) is 17.3. The fourth-order valence-corrected chi connectivity index (χ4v) is 8.46. The molecule has 0 saturated carbocycles. The molecular formula is C39H54N8O6. The van der Waals surface area contributed by atoms with Crippen LogP contribution in [-0.2, 0) is 14.4 Å². The van der Waals surface area contributed by atoms with Crippen LogP contribution in [0.25, 0.3) is 0 Å². The number of carboxylic acids is 1. The van der Waals surface area contributed by atoms with Crippen molar-refractivity contribution in [2.75, 3.05) is 69.0 Å². The second kappa shape index (κ2) is 15.5. The van der Waals surface area contributed by atoms with Gasteiger partial charge in [0.05, 0.1) is 19.9 Å². The number of carbonyl (C=O) groups excluding carboxylic acids is 4. The van der Waals surface area contributed by atoms with Crippen LogP contribution < -0.4 is 20.4 Å². The van der Waals surface area contributed by atoms with E-state index in [2.05, 4.69) is 48.1 Å². The molecule has 1 unspecified atom stereocenters. The summed E-state index contributed by atoms with van der Waals surface area (Å²) in [6.07, 6.45) is 1.70. The number of nitrogens with zero attached hydrogens (tertiary/aromatic N) is 6. The van der Waals surface area contributed by atoms with E-state index in [1.807, 2.05) is 70.5 Å². The minimum Gasteiger partial charge on any atom is -0.480 e. The molecule has 3 N–H and O–H groups in total. The molecule has 1 atom stereocenters. The van der Waals surface area contributed by atoms with Crippen LogP contribution in [0, 0.1) is 11.8 Å². The topological polar surface area (TPSA) is 149 Å². The molecule has 2 aromatic carbocycles. The quantitative estimate of drug-likeness (QED) is 0.337. The molecule has 6 amide bonds. The number of likely N-dealkylation sites (tertiary alicyclic amines) is 2. The molecule has 4 aliphatic rings. The molecular weight excluding hydrogens is 676 g/mol. The Labute approximate surface area is 312 Å². The van der Waals surface area contributed by atoms with Gasteiger partial charge < -0.3 is 45.1 Å². The number of carbonyl (C=O) groups is 5. The van der Waals surface area contributed by atoms with Crippen molar-refractivity contribution in [2.45, 2.75) is 70.5 Å². The second-order valence-electron chi connectivity index (χ2n) is 15.7. The minimum absolute atomic E-state index is 0.0582. The van der Waals surface area contributed by atoms with E-state index in [-0.39, 0.29) is 31.4 Å². The Kier molecular flexibility index (Phi) is 11.1. The standard InChI is InChI=1S/C39H54N8O6/c1-28(2)24-44-26-46(30-11-7-5-8-12-30)38(34(44)50)15-19-42(20-16-38)36(52)40-23-32(33(48)49)41-37(53)43-21-17-39(18-22-43)35(51)45(25-29(3)4)27-47(39)31-13-9-6-10-14-31/h5-14,28-29,32H,15-27H2,1-4H3,(H,40,52)(H,41,53)(H,48,49). The summed E-state index contributed by atoms with van der Waals surface area (Å²) >= 11 is 0. The molecule has 4 saturated heterocycles. The van der Waals surface area contributed by atoms with E-state index in [1.165, 1.54) is 0 Å². The Bertz CT molecular complexity index is 1640. The second-order valence-corrected chi connectivity index (χ2v) is 15.7. The van der Waals surface area contributed by atoms with Gasteiger partial charge >= 0.3 is 18.0 Å². The number of amides is 6. The fourth-order valence-electron chi connectivity index (χ4n) is 8.46. The van der Waals surface area contributed by atoms with Crippen LogP contribution in [0.5, 0.6) is 0 Å². The van der Waals surface area contributed by atoms with Crippen LogP contribution >= 0.6 is 0 Å². The molecule has 6 rings (SSSR count). The lowest BCUT2D eigenvalue weighted by Gasteiger charge is -2.43. The number of hydrogen-bond acceptors (Lipinski definition) is 7. The summed E-state index contributed by atoms with van der Waals surface area (Å²) in [4.78, 5) is 78.0. The maximum absolute atomic E-state index is 13.9. The normalized spacial score (nSPS) is 20.3. The highest BCUT2D eigenvalue weighted by Crippen LogP contribution is 2.41. The average Bonchev–Trinajstić information content (AvgIpc) is 3.55. The molecule has 4 aliphatic heterocycles. The highest BCUT2D eigenvalue weighted by Gasteiger charge is 2.55. The number of rotatable bonds is 10. The van der Waals surface area contributed by atoms with E-state index in [4.69, 9.17) is 0 Å². The molecule has 2 aromatic rings. The Morgan fingerprint density at radius 1 is 0.660 bits per heavy atom. The molecule has 4 heterocycles. The Morgan fingerprint density at radius 3 is 1.43 bits per heavy atom. The monoisotopic (exact) mass is 730 g/mol. The van der Waals surface area contributed by atoms with Crippen molar-refractivity contribution in [3.63, 3.8) is 0 Å². The molecule has 53 heavy (non-hydrogen) atoms. The predicted molar refractivity (Wildman–Crippen MR) is 201 cm³/mol. The molecule has 0 bridgehead atoms. The smallest absolute Gasteiger partial charge is 0.328 e. The number of anilines is 2. The van der Waals surface area contributed by atoms with Crippen LogP contribution in [-0.4, -0.2) is 131 Å². The highest BCUT2D eigenvalue weighted by molar-refractivity contribution is 5.95. The first-order valence-electron chi connectivity index (χ1n) is 18.9. The Hall–Kier alpha value is -5.01. The molecule has 286 valence electrons. The first-order chi connectivity index (χ1) is 25.3. The summed E-state index contributed by atoms with van der Waals surface area (Å²) in [7, 11) is 0. The van der Waals surface area contributed by atoms with Crippen molar-refractivity contribution in [1.82, 2.24) is 30.2 Å². The van der Waals surface area contributed by atoms with Gasteiger partial charge in [0.15, 0.2) is 0 Å². The van der Waals surface area contributed by atoms with E-state index in [9.17, 15) is 29.1 Å². The zero-order chi connectivity index (χ0) is 37.9. The predicted octanol–water partition coefficient (Wildman–Crippen LogP) is 3.45. The van der Waals surface area contributed by atoms with E-state index >= 15 is 0 Å². The Morgan fingerprint density at radius 2 is 1.06 bits per heavy atom. The summed E-state index contributed by atoms with van der Waals surface area (Å²) in [5.74, 6) is -0.516. The van der Waals surface area contributed by atoms with Gasteiger partial charge in [-0.05, 0) is 61.8 Å². The highest BCUT2D eigenvalue weighted by atomic mass is 16.4. The van der Waals surface area contributed by atoms with Gasteiger partial charge in [-0.2, -0.15) is 0 Å². The van der Waals surface area contributed by atoms with Crippen molar-refractivity contribution in [2.24, 2.45) is 11.8 Å². The van der Waals surface area contributed by atoms with Gasteiger partial charge in [0.1, 0.15) is 17.1 Å². The molecule has 0 radical (unpaired) electrons. The van der Waals surface area contributed by atoms with Crippen molar-refractivity contribution in [3.05, 3.63) is 60.7 Å². The molecule has 14 nitrogen and oxygen atoms in total. The van der Waals surface area contributed by atoms with Crippen molar-refractivity contribution >= 4 is 41.2 Å². The summed E-state index contributed by atoms with van der Waals surface area (Å²) < 4.78 is 0. The Balaban J connectivity index is 1.04. The zero-order valence-electron chi connectivity index (χ0n) is 31.4. The number of nitrogens with one attached hydrogen (secondary N) is 2. The number of hydrogen-bond donors (Lipinski definition) is 3. The van der Waals surface area contributed by atoms with E-state index in [0.29, 0.717) is 77.0 Å². The lowest BCUT2D eigenvalue weighted by Crippen LogP contribution is -2.61. The fraction of sp³-hybridized carbons (Fsp3) is 0.564. The van der Waals surface area contributed by atoms with Crippen LogP contribution in [0.3, 0.4) is 0 Å². The summed E-state index contributed by atoms with van der Waals surface area (Å²) in [6.45, 7) is 11.5. The van der Waals surface area contributed by atoms with Gasteiger partial charge in [-0.3, -0.25) is 9.59 Å². The van der Waals surface area contributed by atoms with Gasteiger partial charge in [0.2, 0.25) is 11.8 Å². The molecule has 2 spiro atoms. The molecule has 0 aliphatic carbocycles. The maximum Gasteiger partial charge on any atom is 0.328 e. The average molecular weight is 731 g/mol. The maximum atomic E-state index is 13.9. The van der Waals surface area contributed by atoms with E-state index in [0.717, 1.165) is 11.4 Å². The molecule has 4 fully saturated rings. The number of para-hydroxylation sites is 2. The van der Waals surface area contributed by atoms with E-state index in [1.54, 1.807) is 9.80 Å². The number of benzene rings is 2. The van der Waals surface area contributed by atoms with E-state index < -0.39 is 35.2 Å². The van der Waals surface area contributed by atoms with Gasteiger partial charge in [-0.15, -0.1) is 0 Å². The van der Waals surface area contributed by atoms with Crippen molar-refractivity contribution in [1.29, 1.82) is 0 Å². The SMILES string of the molecule is CC(C)CN1CN(c2ccccc2)C2(CCN(C(=O)NCC(NC(=O)N3CCC4(CC3)C(=O)N(CC(C)C)CN4c3ccccc3)C(=O)O)CC2)C1=O. The van der Waals surface area contributed by atoms with Crippen LogP contribution in [0.15, 0.2) is 60.7 Å². The largest absolute Gasteiger partial charge is 0.480 e. The third-order valence-electron chi connectivity index (χ3n) is 11.1. The van der Waals surface area contributed by atoms with Crippen LogP contribution in [0.1, 0.15) is 53.4 Å². The van der Waals surface area contributed by atoms with Crippen molar-refractivity contribution < 1.29 is 29.1 Å². The van der Waals surface area contributed by atoms with Crippen LogP contribution in [0.4, 0.5) is 21.0 Å². The minimum atomic E-state index is -1.36. The third kappa shape index (κ3) is 7.58. The van der Waals surface area contributed by atoms with Gasteiger partial charge in [0.25, 0.3) is 0 Å². The lowest BCUT2D eigenvalue weighted by atomic mass is 9.85. The number of piperidine rings is 2. The first-order valence-corrected chi connectivity index (χ1v) is 18.9. The zero-order valence-corrected chi connectivity index (χ0v) is 31.4. The van der Waals surface area contributed by atoms with Crippen molar-refractivity contribution in [3.8, 4) is 0 Å². The van der Waals surface area contributed by atoms with Gasteiger partial charge in [-0.1, -0.05) is 64.1 Å². The first kappa shape index (κ1) is 37.7. The van der Waals surface area contributed by atoms with Crippen LogP contribution in [0.2, 0.25) is 0 Å². The number of carboxylic acid groups (broad SMARTS) is 1. The van der Waals surface area contributed by atoms with Gasteiger partial charge in [-0.25, -0.2) is 14.4 Å². The molecule has 14 heteroatoms. The lowest BCUT2D eigenvalue weighted by molar-refractivity contribution is -0.139. The third-order valence-corrected chi connectivity index (χ3v) is 11.1.